The molecule has 1 aliphatic rings. The van der Waals surface area contributed by atoms with E-state index in [2.05, 4.69) is 30.1 Å². The van der Waals surface area contributed by atoms with E-state index < -0.39 is 0 Å². The largest absolute Gasteiger partial charge is 0.455 e. The molecule has 0 fully saturated rings. The molecule has 3 rings (SSSR count). The number of fused-ring (bicyclic) bond motifs is 2. The fourth-order valence-corrected chi connectivity index (χ4v) is 3.22. The van der Waals surface area contributed by atoms with Gasteiger partial charge < -0.3 is 4.74 Å². The van der Waals surface area contributed by atoms with E-state index in [4.69, 9.17) is 10.00 Å². The van der Waals surface area contributed by atoms with Crippen molar-refractivity contribution in [3.63, 3.8) is 0 Å². The summed E-state index contributed by atoms with van der Waals surface area (Å²) in [7, 11) is 0. The van der Waals surface area contributed by atoms with Crippen LogP contribution in [0.15, 0.2) is 36.5 Å². The van der Waals surface area contributed by atoms with Crippen LogP contribution < -0.4 is 4.74 Å². The summed E-state index contributed by atoms with van der Waals surface area (Å²) in [6.07, 6.45) is 8.75. The number of nitriles is 1. The second kappa shape index (κ2) is 7.28. The Morgan fingerprint density at radius 3 is 2.91 bits per heavy atom. The predicted molar refractivity (Wildman–Crippen MR) is 90.7 cm³/mol. The molecule has 0 radical (unpaired) electrons. The van der Waals surface area contributed by atoms with E-state index in [0.29, 0.717) is 11.5 Å². The third kappa shape index (κ3) is 3.53. The predicted octanol–water partition coefficient (Wildman–Crippen LogP) is 5.36. The van der Waals surface area contributed by atoms with Crippen molar-refractivity contribution >= 4 is 0 Å². The quantitative estimate of drug-likeness (QED) is 0.699. The topological polar surface area (TPSA) is 45.9 Å². The van der Waals surface area contributed by atoms with E-state index in [1.807, 2.05) is 12.1 Å². The zero-order valence-corrected chi connectivity index (χ0v) is 13.6. The molecule has 1 aromatic carbocycles. The minimum atomic E-state index is 0.435. The van der Waals surface area contributed by atoms with Gasteiger partial charge in [0.1, 0.15) is 17.6 Å². The Labute approximate surface area is 137 Å². The maximum atomic E-state index is 9.08. The molecule has 0 saturated heterocycles. The van der Waals surface area contributed by atoms with Crippen molar-refractivity contribution in [1.29, 1.82) is 5.26 Å². The fraction of sp³-hybridized carbons (Fsp3) is 0.400. The average molecular weight is 306 g/mol. The summed E-state index contributed by atoms with van der Waals surface area (Å²) in [6.45, 7) is 2.24. The second-order valence-electron chi connectivity index (χ2n) is 6.17. The molecule has 0 saturated carbocycles. The fourth-order valence-electron chi connectivity index (χ4n) is 3.22. The lowest BCUT2D eigenvalue weighted by Crippen LogP contribution is -2.03. The number of unbranched alkanes of at least 4 members (excludes halogenated alkanes) is 3. The van der Waals surface area contributed by atoms with Crippen molar-refractivity contribution in [2.24, 2.45) is 0 Å². The van der Waals surface area contributed by atoms with Crippen molar-refractivity contribution < 1.29 is 4.74 Å². The summed E-state index contributed by atoms with van der Waals surface area (Å²) in [5.74, 6) is 2.07. The number of ether oxygens (including phenoxy) is 1. The van der Waals surface area contributed by atoms with Crippen LogP contribution in [-0.4, -0.2) is 4.98 Å². The first-order valence-electron chi connectivity index (χ1n) is 8.47. The number of para-hydroxylation sites is 1. The molecule has 1 aliphatic heterocycles. The van der Waals surface area contributed by atoms with Crippen LogP contribution in [0.3, 0.4) is 0 Å². The summed E-state index contributed by atoms with van der Waals surface area (Å²) < 4.78 is 6.09. The number of aromatic nitrogens is 1. The van der Waals surface area contributed by atoms with Gasteiger partial charge in [-0.3, -0.25) is 4.98 Å². The zero-order chi connectivity index (χ0) is 16.1. The van der Waals surface area contributed by atoms with Gasteiger partial charge in [0.25, 0.3) is 0 Å². The molecular weight excluding hydrogens is 284 g/mol. The Bertz CT molecular complexity index is 718. The number of pyridine rings is 1. The van der Waals surface area contributed by atoms with Crippen LogP contribution in [0.1, 0.15) is 61.8 Å². The molecule has 0 amide bonds. The van der Waals surface area contributed by atoms with Gasteiger partial charge in [0.15, 0.2) is 0 Å². The highest BCUT2D eigenvalue weighted by Crippen LogP contribution is 2.40. The third-order valence-corrected chi connectivity index (χ3v) is 4.48. The molecule has 1 atom stereocenters. The van der Waals surface area contributed by atoms with E-state index in [1.165, 1.54) is 31.2 Å². The first-order valence-corrected chi connectivity index (χ1v) is 8.47. The smallest absolute Gasteiger partial charge is 0.150 e. The lowest BCUT2D eigenvalue weighted by atomic mass is 9.89. The lowest BCUT2D eigenvalue weighted by molar-refractivity contribution is 0.474. The molecule has 0 N–H and O–H groups in total. The summed E-state index contributed by atoms with van der Waals surface area (Å²) in [6, 6.07) is 12.2. The van der Waals surface area contributed by atoms with Gasteiger partial charge in [0.05, 0.1) is 11.3 Å². The van der Waals surface area contributed by atoms with Crippen molar-refractivity contribution in [1.82, 2.24) is 4.98 Å². The van der Waals surface area contributed by atoms with Crippen LogP contribution in [0.4, 0.5) is 0 Å². The van der Waals surface area contributed by atoms with Gasteiger partial charge >= 0.3 is 0 Å². The molecule has 3 heteroatoms. The highest BCUT2D eigenvalue weighted by atomic mass is 16.5. The first kappa shape index (κ1) is 15.6. The van der Waals surface area contributed by atoms with Crippen LogP contribution in [0.5, 0.6) is 11.5 Å². The number of nitrogens with zero attached hydrogens (tertiary/aromatic N) is 2. The second-order valence-corrected chi connectivity index (χ2v) is 6.17. The van der Waals surface area contributed by atoms with Gasteiger partial charge in [-0.1, -0.05) is 50.8 Å². The SMILES string of the molecule is CCCCCCC1Cc2ncc(C#N)cc2Oc2ccccc21. The minimum absolute atomic E-state index is 0.435. The highest BCUT2D eigenvalue weighted by molar-refractivity contribution is 5.47. The Balaban J connectivity index is 1.89. The molecule has 2 aromatic rings. The van der Waals surface area contributed by atoms with Gasteiger partial charge in [-0.25, -0.2) is 0 Å². The zero-order valence-electron chi connectivity index (χ0n) is 13.6. The number of hydrogen-bond acceptors (Lipinski definition) is 3. The number of hydrogen-bond donors (Lipinski definition) is 0. The summed E-state index contributed by atoms with van der Waals surface area (Å²) in [5.41, 5.74) is 2.77. The van der Waals surface area contributed by atoms with Gasteiger partial charge in [-0.05, 0) is 24.0 Å². The molecule has 2 heterocycles. The Hall–Kier alpha value is -2.34. The molecule has 0 bridgehead atoms. The van der Waals surface area contributed by atoms with Crippen LogP contribution in [0, 0.1) is 11.3 Å². The summed E-state index contributed by atoms with van der Waals surface area (Å²) >= 11 is 0. The first-order chi connectivity index (χ1) is 11.3. The van der Waals surface area contributed by atoms with Gasteiger partial charge in [-0.2, -0.15) is 5.26 Å². The molecular formula is C20H22N2O. The summed E-state index contributed by atoms with van der Waals surface area (Å²) in [4.78, 5) is 4.48. The third-order valence-electron chi connectivity index (χ3n) is 4.48. The van der Waals surface area contributed by atoms with Crippen LogP contribution in [-0.2, 0) is 6.42 Å². The molecule has 3 nitrogen and oxygen atoms in total. The average Bonchev–Trinajstić information content (AvgIpc) is 2.74. The molecule has 0 aliphatic carbocycles. The maximum Gasteiger partial charge on any atom is 0.150 e. The van der Waals surface area contributed by atoms with E-state index >= 15 is 0 Å². The Morgan fingerprint density at radius 2 is 2.09 bits per heavy atom. The van der Waals surface area contributed by atoms with E-state index in [9.17, 15) is 0 Å². The Kier molecular flexibility index (Phi) is 4.92. The van der Waals surface area contributed by atoms with Crippen molar-refractivity contribution in [3.8, 4) is 17.6 Å². The van der Waals surface area contributed by atoms with Crippen LogP contribution >= 0.6 is 0 Å². The van der Waals surface area contributed by atoms with Gasteiger partial charge in [0, 0.05) is 18.7 Å². The van der Waals surface area contributed by atoms with E-state index in [-0.39, 0.29) is 0 Å². The standard InChI is InChI=1S/C20H22N2O/c1-2-3-4-5-8-16-12-18-20(11-15(13-21)14-22-18)23-19-10-7-6-9-17(16)19/h6-7,9-11,14,16H,2-5,8,12H2,1H3. The van der Waals surface area contributed by atoms with Crippen molar-refractivity contribution in [2.75, 3.05) is 0 Å². The molecule has 1 unspecified atom stereocenters. The lowest BCUT2D eigenvalue weighted by Gasteiger charge is -2.16. The normalized spacial score (nSPS) is 15.7. The van der Waals surface area contributed by atoms with Crippen LogP contribution in [0.2, 0.25) is 0 Å². The van der Waals surface area contributed by atoms with E-state index in [1.54, 1.807) is 12.3 Å². The van der Waals surface area contributed by atoms with E-state index in [0.717, 1.165) is 30.0 Å². The maximum absolute atomic E-state index is 9.08. The number of benzene rings is 1. The van der Waals surface area contributed by atoms with Gasteiger partial charge in [0.2, 0.25) is 0 Å². The Morgan fingerprint density at radius 1 is 1.22 bits per heavy atom. The molecule has 0 spiro atoms. The number of rotatable bonds is 5. The molecule has 118 valence electrons. The van der Waals surface area contributed by atoms with Crippen molar-refractivity contribution in [2.45, 2.75) is 51.4 Å². The van der Waals surface area contributed by atoms with Gasteiger partial charge in [-0.15, -0.1) is 0 Å². The molecule has 1 aromatic heterocycles. The van der Waals surface area contributed by atoms with Crippen LogP contribution in [0.25, 0.3) is 0 Å². The summed E-state index contributed by atoms with van der Waals surface area (Å²) in [5, 5.41) is 9.08. The van der Waals surface area contributed by atoms with Crippen molar-refractivity contribution in [3.05, 3.63) is 53.3 Å². The minimum Gasteiger partial charge on any atom is -0.455 e. The monoisotopic (exact) mass is 306 g/mol. The molecule has 23 heavy (non-hydrogen) atoms. The highest BCUT2D eigenvalue weighted by Gasteiger charge is 2.24.